The summed E-state index contributed by atoms with van der Waals surface area (Å²) >= 11 is 1.10. The number of sulfone groups is 1. The summed E-state index contributed by atoms with van der Waals surface area (Å²) in [5.74, 6) is -1.88. The van der Waals surface area contributed by atoms with Crippen LogP contribution in [-0.4, -0.2) is 25.1 Å². The topological polar surface area (TPSA) is 76.1 Å². The van der Waals surface area contributed by atoms with Crippen molar-refractivity contribution in [3.8, 4) is 0 Å². The van der Waals surface area contributed by atoms with Crippen molar-refractivity contribution >= 4 is 42.4 Å². The van der Waals surface area contributed by atoms with Crippen LogP contribution < -0.4 is 5.32 Å². The third kappa shape index (κ3) is 4.18. The maximum absolute atomic E-state index is 13.1. The Balaban J connectivity index is 1.64. The summed E-state index contributed by atoms with van der Waals surface area (Å²) in [4.78, 5) is 16.0. The fourth-order valence-corrected chi connectivity index (χ4v) is 4.27. The number of halogens is 2. The predicted molar refractivity (Wildman–Crippen MR) is 91.3 cm³/mol. The van der Waals surface area contributed by atoms with Gasteiger partial charge in [-0.25, -0.2) is 22.2 Å². The van der Waals surface area contributed by atoms with Crippen LogP contribution in [0.25, 0.3) is 10.2 Å². The second kappa shape index (κ2) is 6.85. The van der Waals surface area contributed by atoms with E-state index in [1.807, 2.05) is 0 Å². The fraction of sp³-hybridized carbons (Fsp3) is 0.125. The van der Waals surface area contributed by atoms with Crippen LogP contribution in [0, 0.1) is 11.6 Å². The first kappa shape index (κ1) is 17.4. The van der Waals surface area contributed by atoms with Crippen LogP contribution in [0.15, 0.2) is 47.4 Å². The number of amides is 1. The van der Waals surface area contributed by atoms with E-state index in [1.165, 1.54) is 18.2 Å². The van der Waals surface area contributed by atoms with Gasteiger partial charge in [-0.15, -0.1) is 0 Å². The third-order valence-electron chi connectivity index (χ3n) is 3.37. The molecular formula is C16H12F2N2O3S2. The first-order chi connectivity index (χ1) is 11.8. The van der Waals surface area contributed by atoms with E-state index in [0.717, 1.165) is 35.6 Å². The average molecular weight is 382 g/mol. The molecule has 0 spiro atoms. The van der Waals surface area contributed by atoms with Gasteiger partial charge in [0.2, 0.25) is 5.91 Å². The highest BCUT2D eigenvalue weighted by atomic mass is 32.2. The van der Waals surface area contributed by atoms with Crippen molar-refractivity contribution < 1.29 is 22.0 Å². The Morgan fingerprint density at radius 2 is 1.76 bits per heavy atom. The number of thiazole rings is 1. The third-order valence-corrected chi connectivity index (χ3v) is 6.03. The maximum atomic E-state index is 13.1. The lowest BCUT2D eigenvalue weighted by atomic mass is 10.3. The molecule has 0 radical (unpaired) electrons. The summed E-state index contributed by atoms with van der Waals surface area (Å²) in [5.41, 5.74) is 0.542. The standard InChI is InChI=1S/C16H12F2N2O3S2/c17-10-1-4-12(5-2-10)25(22,23)8-7-15(21)20-16-19-13-6-3-11(18)9-14(13)24-16/h1-6,9H,7-8H2,(H,19,20,21). The summed E-state index contributed by atoms with van der Waals surface area (Å²) in [6.45, 7) is 0. The zero-order valence-corrected chi connectivity index (χ0v) is 14.3. The summed E-state index contributed by atoms with van der Waals surface area (Å²) < 4.78 is 50.8. The number of hydrogen-bond donors (Lipinski definition) is 1. The smallest absolute Gasteiger partial charge is 0.227 e. The number of hydrogen-bond acceptors (Lipinski definition) is 5. The highest BCUT2D eigenvalue weighted by Crippen LogP contribution is 2.26. The van der Waals surface area contributed by atoms with Crippen LogP contribution in [0.5, 0.6) is 0 Å². The van der Waals surface area contributed by atoms with E-state index in [9.17, 15) is 22.0 Å². The van der Waals surface area contributed by atoms with Gasteiger partial charge in [0.05, 0.1) is 20.9 Å². The molecule has 1 amide bonds. The lowest BCUT2D eigenvalue weighted by molar-refractivity contribution is -0.115. The Kier molecular flexibility index (Phi) is 4.78. The summed E-state index contributed by atoms with van der Waals surface area (Å²) in [6.07, 6.45) is -0.274. The molecule has 0 atom stereocenters. The van der Waals surface area contributed by atoms with Gasteiger partial charge in [-0.2, -0.15) is 0 Å². The Hall–Kier alpha value is -2.39. The van der Waals surface area contributed by atoms with Gasteiger partial charge in [0.25, 0.3) is 0 Å². The van der Waals surface area contributed by atoms with Crippen molar-refractivity contribution in [1.82, 2.24) is 4.98 Å². The van der Waals surface area contributed by atoms with Crippen LogP contribution in [-0.2, 0) is 14.6 Å². The highest BCUT2D eigenvalue weighted by molar-refractivity contribution is 7.91. The van der Waals surface area contributed by atoms with Gasteiger partial charge in [-0.1, -0.05) is 11.3 Å². The minimum Gasteiger partial charge on any atom is -0.302 e. The Morgan fingerprint density at radius 1 is 1.08 bits per heavy atom. The van der Waals surface area contributed by atoms with Crippen molar-refractivity contribution in [2.75, 3.05) is 11.1 Å². The van der Waals surface area contributed by atoms with Gasteiger partial charge in [0.15, 0.2) is 15.0 Å². The maximum Gasteiger partial charge on any atom is 0.227 e. The molecular weight excluding hydrogens is 370 g/mol. The number of benzene rings is 2. The quantitative estimate of drug-likeness (QED) is 0.687. The van der Waals surface area contributed by atoms with Crippen molar-refractivity contribution in [3.05, 3.63) is 54.1 Å². The molecule has 1 N–H and O–H groups in total. The summed E-state index contributed by atoms with van der Waals surface area (Å²) in [5, 5.41) is 2.77. The number of carbonyl (C=O) groups excluding carboxylic acids is 1. The first-order valence-corrected chi connectivity index (χ1v) is 9.65. The molecule has 25 heavy (non-hydrogen) atoms. The zero-order valence-electron chi connectivity index (χ0n) is 12.7. The highest BCUT2D eigenvalue weighted by Gasteiger charge is 2.17. The molecule has 0 fully saturated rings. The van der Waals surface area contributed by atoms with Gasteiger partial charge in [0.1, 0.15) is 11.6 Å². The van der Waals surface area contributed by atoms with Crippen LogP contribution in [0.4, 0.5) is 13.9 Å². The molecule has 1 heterocycles. The van der Waals surface area contributed by atoms with Gasteiger partial charge in [-0.3, -0.25) is 4.79 Å². The van der Waals surface area contributed by atoms with Crippen molar-refractivity contribution in [2.45, 2.75) is 11.3 Å². The number of anilines is 1. The zero-order chi connectivity index (χ0) is 18.0. The van der Waals surface area contributed by atoms with Crippen molar-refractivity contribution in [2.24, 2.45) is 0 Å². The number of nitrogens with zero attached hydrogens (tertiary/aromatic N) is 1. The lowest BCUT2D eigenvalue weighted by Crippen LogP contribution is -2.17. The molecule has 130 valence electrons. The minimum absolute atomic E-state index is 0.0443. The van der Waals surface area contributed by atoms with E-state index in [4.69, 9.17) is 0 Å². The van der Waals surface area contributed by atoms with Gasteiger partial charge >= 0.3 is 0 Å². The number of aromatic nitrogens is 1. The largest absolute Gasteiger partial charge is 0.302 e. The van der Waals surface area contributed by atoms with Crippen LogP contribution in [0.3, 0.4) is 0 Å². The second-order valence-electron chi connectivity index (χ2n) is 5.20. The monoisotopic (exact) mass is 382 g/mol. The minimum atomic E-state index is -3.69. The summed E-state index contributed by atoms with van der Waals surface area (Å²) in [6, 6.07) is 8.48. The normalized spacial score (nSPS) is 11.6. The van der Waals surface area contributed by atoms with Gasteiger partial charge in [0, 0.05) is 6.42 Å². The molecule has 0 aliphatic heterocycles. The average Bonchev–Trinajstić information content (AvgIpc) is 2.94. The van der Waals surface area contributed by atoms with Crippen molar-refractivity contribution in [1.29, 1.82) is 0 Å². The molecule has 0 saturated heterocycles. The van der Waals surface area contributed by atoms with E-state index in [0.29, 0.717) is 10.2 Å². The van der Waals surface area contributed by atoms with E-state index >= 15 is 0 Å². The van der Waals surface area contributed by atoms with E-state index < -0.39 is 33.1 Å². The summed E-state index contributed by atoms with van der Waals surface area (Å²) in [7, 11) is -3.69. The number of rotatable bonds is 5. The second-order valence-corrected chi connectivity index (χ2v) is 8.34. The predicted octanol–water partition coefficient (Wildman–Crippen LogP) is 3.38. The van der Waals surface area contributed by atoms with E-state index in [-0.39, 0.29) is 16.4 Å². The van der Waals surface area contributed by atoms with Crippen LogP contribution >= 0.6 is 11.3 Å². The van der Waals surface area contributed by atoms with E-state index in [1.54, 1.807) is 0 Å². The molecule has 0 unspecified atom stereocenters. The van der Waals surface area contributed by atoms with E-state index in [2.05, 4.69) is 10.3 Å². The molecule has 3 aromatic rings. The fourth-order valence-electron chi connectivity index (χ4n) is 2.12. The molecule has 3 rings (SSSR count). The molecule has 1 aromatic heterocycles. The van der Waals surface area contributed by atoms with Crippen LogP contribution in [0.2, 0.25) is 0 Å². The molecule has 2 aromatic carbocycles. The van der Waals surface area contributed by atoms with Crippen LogP contribution in [0.1, 0.15) is 6.42 Å². The molecule has 0 aliphatic rings. The SMILES string of the molecule is O=C(CCS(=O)(=O)c1ccc(F)cc1)Nc1nc2ccc(F)cc2s1. The Bertz CT molecular complexity index is 1030. The molecule has 0 bridgehead atoms. The number of carbonyl (C=O) groups is 1. The van der Waals surface area contributed by atoms with Gasteiger partial charge in [-0.05, 0) is 42.5 Å². The molecule has 0 aliphatic carbocycles. The molecule has 5 nitrogen and oxygen atoms in total. The lowest BCUT2D eigenvalue weighted by Gasteiger charge is -2.04. The molecule has 9 heteroatoms. The van der Waals surface area contributed by atoms with Crippen molar-refractivity contribution in [3.63, 3.8) is 0 Å². The number of nitrogens with one attached hydrogen (secondary N) is 1. The molecule has 0 saturated carbocycles. The number of fused-ring (bicyclic) bond motifs is 1. The first-order valence-electron chi connectivity index (χ1n) is 7.18. The van der Waals surface area contributed by atoms with Gasteiger partial charge < -0.3 is 5.32 Å². The Morgan fingerprint density at radius 3 is 2.48 bits per heavy atom. The Labute approximate surface area is 146 Å².